The van der Waals surface area contributed by atoms with Gasteiger partial charge in [-0.25, -0.2) is 4.68 Å². The molecule has 0 aromatic carbocycles. The van der Waals surface area contributed by atoms with Crippen LogP contribution in [0.1, 0.15) is 5.69 Å². The molecule has 0 bridgehead atoms. The molecule has 3 rings (SSSR count). The van der Waals surface area contributed by atoms with Crippen LogP contribution in [-0.2, 0) is 6.54 Å². The molecule has 0 aliphatic rings. The molecule has 0 aliphatic heterocycles. The molecule has 0 radical (unpaired) electrons. The number of rotatable bonds is 2. The predicted octanol–water partition coefficient (Wildman–Crippen LogP) is 1.80. The predicted molar refractivity (Wildman–Crippen MR) is 65.8 cm³/mol. The van der Waals surface area contributed by atoms with Crippen molar-refractivity contribution in [1.29, 1.82) is 0 Å². The van der Waals surface area contributed by atoms with Crippen molar-refractivity contribution in [2.24, 2.45) is 5.73 Å². The van der Waals surface area contributed by atoms with Crippen molar-refractivity contribution in [2.45, 2.75) is 6.54 Å². The van der Waals surface area contributed by atoms with Crippen molar-refractivity contribution in [3.05, 3.63) is 34.1 Å². The molecular formula is C9H8BrN5S. The standard InChI is InChI=1S/C9H8BrN5S/c10-6-4-12-15(5-6)8-7(3-11)14-1-2-16-9(14)13-8/h1-2,4-5H,3,11H2. The highest BCUT2D eigenvalue weighted by Gasteiger charge is 2.13. The number of halogens is 1. The van der Waals surface area contributed by atoms with E-state index >= 15 is 0 Å². The Labute approximate surface area is 104 Å². The number of nitrogens with zero attached hydrogens (tertiary/aromatic N) is 4. The molecule has 16 heavy (non-hydrogen) atoms. The molecule has 82 valence electrons. The molecule has 7 heteroatoms. The number of nitrogens with two attached hydrogens (primary N) is 1. The molecule has 0 saturated heterocycles. The zero-order chi connectivity index (χ0) is 11.1. The van der Waals surface area contributed by atoms with E-state index in [0.29, 0.717) is 6.54 Å². The molecule has 0 unspecified atom stereocenters. The van der Waals surface area contributed by atoms with Crippen LogP contribution in [0.3, 0.4) is 0 Å². The van der Waals surface area contributed by atoms with Crippen molar-refractivity contribution >= 4 is 32.2 Å². The minimum Gasteiger partial charge on any atom is -0.325 e. The van der Waals surface area contributed by atoms with Gasteiger partial charge in [0.05, 0.1) is 16.4 Å². The van der Waals surface area contributed by atoms with Crippen molar-refractivity contribution < 1.29 is 0 Å². The van der Waals surface area contributed by atoms with Gasteiger partial charge in [-0.05, 0) is 15.9 Å². The molecule has 0 aliphatic carbocycles. The fraction of sp³-hybridized carbons (Fsp3) is 0.111. The third-order valence-corrected chi connectivity index (χ3v) is 3.47. The maximum Gasteiger partial charge on any atom is 0.196 e. The molecule has 3 heterocycles. The smallest absolute Gasteiger partial charge is 0.196 e. The number of fused-ring (bicyclic) bond motifs is 1. The first-order valence-corrected chi connectivity index (χ1v) is 6.32. The van der Waals surface area contributed by atoms with Crippen LogP contribution >= 0.6 is 27.3 Å². The highest BCUT2D eigenvalue weighted by molar-refractivity contribution is 9.10. The highest BCUT2D eigenvalue weighted by atomic mass is 79.9. The lowest BCUT2D eigenvalue weighted by Gasteiger charge is -1.99. The van der Waals surface area contributed by atoms with Crippen molar-refractivity contribution in [2.75, 3.05) is 0 Å². The van der Waals surface area contributed by atoms with Crippen molar-refractivity contribution in [1.82, 2.24) is 19.2 Å². The first-order valence-electron chi connectivity index (χ1n) is 4.64. The second-order valence-corrected chi connectivity index (χ2v) is 5.03. The molecule has 0 saturated carbocycles. The lowest BCUT2D eigenvalue weighted by atomic mass is 10.4. The average molecular weight is 298 g/mol. The molecule has 0 spiro atoms. The van der Waals surface area contributed by atoms with Gasteiger partial charge in [-0.15, -0.1) is 11.3 Å². The van der Waals surface area contributed by atoms with Gasteiger partial charge in [0.25, 0.3) is 0 Å². The summed E-state index contributed by atoms with van der Waals surface area (Å²) in [6.45, 7) is 0.435. The molecule has 3 aromatic rings. The third kappa shape index (κ3) is 1.40. The third-order valence-electron chi connectivity index (χ3n) is 2.30. The summed E-state index contributed by atoms with van der Waals surface area (Å²) in [6.07, 6.45) is 5.57. The Balaban J connectivity index is 2.26. The van der Waals surface area contributed by atoms with E-state index in [0.717, 1.165) is 20.9 Å². The summed E-state index contributed by atoms with van der Waals surface area (Å²) in [5, 5.41) is 6.20. The van der Waals surface area contributed by atoms with Crippen LogP contribution in [-0.4, -0.2) is 19.2 Å². The summed E-state index contributed by atoms with van der Waals surface area (Å²) in [4.78, 5) is 5.44. The number of hydrogen-bond acceptors (Lipinski definition) is 4. The zero-order valence-electron chi connectivity index (χ0n) is 8.17. The number of aromatic nitrogens is 4. The second-order valence-electron chi connectivity index (χ2n) is 3.24. The van der Waals surface area contributed by atoms with Crippen LogP contribution in [0.2, 0.25) is 0 Å². The van der Waals surface area contributed by atoms with Gasteiger partial charge in [0.15, 0.2) is 10.8 Å². The molecular weight excluding hydrogens is 290 g/mol. The topological polar surface area (TPSA) is 61.1 Å². The van der Waals surface area contributed by atoms with E-state index in [1.165, 1.54) is 0 Å². The summed E-state index contributed by atoms with van der Waals surface area (Å²) >= 11 is 4.95. The Morgan fingerprint density at radius 1 is 1.50 bits per heavy atom. The van der Waals surface area contributed by atoms with E-state index < -0.39 is 0 Å². The minimum atomic E-state index is 0.435. The fourth-order valence-corrected chi connectivity index (χ4v) is 2.62. The summed E-state index contributed by atoms with van der Waals surface area (Å²) in [7, 11) is 0. The van der Waals surface area contributed by atoms with Gasteiger partial charge in [-0.3, -0.25) is 4.40 Å². The van der Waals surface area contributed by atoms with Crippen molar-refractivity contribution in [3.63, 3.8) is 0 Å². The lowest BCUT2D eigenvalue weighted by Crippen LogP contribution is -2.06. The molecule has 3 aromatic heterocycles. The van der Waals surface area contributed by atoms with Crippen LogP contribution < -0.4 is 5.73 Å². The largest absolute Gasteiger partial charge is 0.325 e. The van der Waals surface area contributed by atoms with E-state index in [-0.39, 0.29) is 0 Å². The van der Waals surface area contributed by atoms with Crippen LogP contribution in [0.15, 0.2) is 28.4 Å². The molecule has 5 nitrogen and oxygen atoms in total. The Morgan fingerprint density at radius 3 is 3.06 bits per heavy atom. The second kappa shape index (κ2) is 3.69. The van der Waals surface area contributed by atoms with Gasteiger partial charge in [0.1, 0.15) is 0 Å². The van der Waals surface area contributed by atoms with Gasteiger partial charge >= 0.3 is 0 Å². The van der Waals surface area contributed by atoms with Gasteiger partial charge in [0.2, 0.25) is 0 Å². The molecule has 0 fully saturated rings. The Hall–Kier alpha value is -1.18. The molecule has 0 amide bonds. The zero-order valence-corrected chi connectivity index (χ0v) is 10.6. The van der Waals surface area contributed by atoms with E-state index in [9.17, 15) is 0 Å². The first-order chi connectivity index (χ1) is 7.79. The minimum absolute atomic E-state index is 0.435. The van der Waals surface area contributed by atoms with Crippen LogP contribution in [0.25, 0.3) is 10.8 Å². The van der Waals surface area contributed by atoms with Crippen LogP contribution in [0.4, 0.5) is 0 Å². The normalized spacial score (nSPS) is 11.4. The van der Waals surface area contributed by atoms with Crippen molar-refractivity contribution in [3.8, 4) is 5.82 Å². The summed E-state index contributed by atoms with van der Waals surface area (Å²) in [5.74, 6) is 0.792. The Morgan fingerprint density at radius 2 is 2.38 bits per heavy atom. The SMILES string of the molecule is NCc1c(-n2cc(Br)cn2)nc2sccn12. The number of thiazole rings is 1. The Bertz CT molecular complexity index is 637. The monoisotopic (exact) mass is 297 g/mol. The van der Waals surface area contributed by atoms with Gasteiger partial charge in [-0.2, -0.15) is 10.1 Å². The molecule has 2 N–H and O–H groups in total. The van der Waals surface area contributed by atoms with E-state index in [4.69, 9.17) is 5.73 Å². The molecule has 0 atom stereocenters. The summed E-state index contributed by atoms with van der Waals surface area (Å²) in [6, 6.07) is 0. The van der Waals surface area contributed by atoms with Crippen LogP contribution in [0, 0.1) is 0 Å². The van der Waals surface area contributed by atoms with E-state index in [1.54, 1.807) is 22.2 Å². The van der Waals surface area contributed by atoms with Crippen LogP contribution in [0.5, 0.6) is 0 Å². The number of hydrogen-bond donors (Lipinski definition) is 1. The number of imidazole rings is 1. The quantitative estimate of drug-likeness (QED) is 0.785. The van der Waals surface area contributed by atoms with Gasteiger partial charge < -0.3 is 5.73 Å². The first kappa shape index (κ1) is 10.0. The fourth-order valence-electron chi connectivity index (χ4n) is 1.61. The highest BCUT2D eigenvalue weighted by Crippen LogP contribution is 2.20. The lowest BCUT2D eigenvalue weighted by molar-refractivity contribution is 0.825. The van der Waals surface area contributed by atoms with Gasteiger partial charge in [-0.1, -0.05) is 0 Å². The average Bonchev–Trinajstić information content (AvgIpc) is 2.90. The van der Waals surface area contributed by atoms with E-state index in [2.05, 4.69) is 26.0 Å². The summed E-state index contributed by atoms with van der Waals surface area (Å²) < 4.78 is 4.65. The Kier molecular flexibility index (Phi) is 2.31. The van der Waals surface area contributed by atoms with E-state index in [1.807, 2.05) is 22.2 Å². The maximum atomic E-state index is 5.76. The van der Waals surface area contributed by atoms with Gasteiger partial charge in [0, 0.05) is 24.3 Å². The summed E-state index contributed by atoms with van der Waals surface area (Å²) in [5.41, 5.74) is 6.72. The maximum absolute atomic E-state index is 5.76.